The van der Waals surface area contributed by atoms with E-state index in [2.05, 4.69) is 4.74 Å². The first kappa shape index (κ1) is 18.8. The second kappa shape index (κ2) is 7.54. The maximum Gasteiger partial charge on any atom is 0.337 e. The van der Waals surface area contributed by atoms with Crippen molar-refractivity contribution in [2.75, 3.05) is 18.0 Å². The molecule has 1 N–H and O–H groups in total. The predicted molar refractivity (Wildman–Crippen MR) is 91.4 cm³/mol. The molecule has 0 bridgehead atoms. The number of sulfonamides is 1. The van der Waals surface area contributed by atoms with Gasteiger partial charge in [0.1, 0.15) is 11.4 Å². The Balaban J connectivity index is 2.67. The Labute approximate surface area is 149 Å². The molecule has 0 unspecified atom stereocenters. The number of carboxylic acid groups (broad SMARTS) is 1. The van der Waals surface area contributed by atoms with Crippen LogP contribution >= 0.6 is 11.6 Å². The van der Waals surface area contributed by atoms with Gasteiger partial charge in [-0.3, -0.25) is 9.10 Å². The fourth-order valence-corrected chi connectivity index (χ4v) is 4.03. The minimum atomic E-state index is -4.39. The lowest BCUT2D eigenvalue weighted by Crippen LogP contribution is -2.37. The van der Waals surface area contributed by atoms with E-state index in [1.165, 1.54) is 24.3 Å². The predicted octanol–water partition coefficient (Wildman–Crippen LogP) is 2.41. The summed E-state index contributed by atoms with van der Waals surface area (Å²) in [4.78, 5) is 22.6. The van der Waals surface area contributed by atoms with Gasteiger partial charge in [-0.2, -0.15) is 0 Å². The molecule has 25 heavy (non-hydrogen) atoms. The Kier molecular flexibility index (Phi) is 5.66. The van der Waals surface area contributed by atoms with Crippen LogP contribution in [-0.4, -0.2) is 39.1 Å². The molecule has 0 aliphatic carbocycles. The zero-order valence-corrected chi connectivity index (χ0v) is 14.6. The largest absolute Gasteiger partial charge is 0.478 e. The summed E-state index contributed by atoms with van der Waals surface area (Å²) in [7, 11) is -3.27. The number of hydrogen-bond donors (Lipinski definition) is 1. The number of esters is 1. The van der Waals surface area contributed by atoms with Crippen LogP contribution in [0.4, 0.5) is 5.69 Å². The number of carbonyl (C=O) groups is 2. The van der Waals surface area contributed by atoms with Gasteiger partial charge in [-0.05, 0) is 24.3 Å². The Bertz CT molecular complexity index is 912. The summed E-state index contributed by atoms with van der Waals surface area (Å²) in [6.45, 7) is -0.656. The van der Waals surface area contributed by atoms with E-state index in [-0.39, 0.29) is 10.7 Å². The zero-order valence-electron chi connectivity index (χ0n) is 13.0. The van der Waals surface area contributed by atoms with Crippen molar-refractivity contribution in [1.29, 1.82) is 0 Å². The number of aromatic carboxylic acids is 1. The monoisotopic (exact) mass is 383 g/mol. The molecular weight excluding hydrogens is 370 g/mol. The van der Waals surface area contributed by atoms with Gasteiger partial charge in [0.25, 0.3) is 10.0 Å². The maximum absolute atomic E-state index is 13.1. The van der Waals surface area contributed by atoms with Gasteiger partial charge in [-0.25, -0.2) is 13.2 Å². The first-order chi connectivity index (χ1) is 11.8. The molecule has 2 aromatic carbocycles. The molecule has 0 heterocycles. The Hall–Kier alpha value is -2.58. The lowest BCUT2D eigenvalue weighted by atomic mass is 10.2. The molecule has 2 aromatic rings. The molecule has 0 saturated heterocycles. The fourth-order valence-electron chi connectivity index (χ4n) is 2.12. The van der Waals surface area contributed by atoms with Crippen molar-refractivity contribution < 1.29 is 27.9 Å². The van der Waals surface area contributed by atoms with Gasteiger partial charge in [-0.1, -0.05) is 35.9 Å². The number of methoxy groups -OCH3 is 1. The second-order valence-corrected chi connectivity index (χ2v) is 7.08. The van der Waals surface area contributed by atoms with Gasteiger partial charge in [0.2, 0.25) is 0 Å². The molecule has 7 nitrogen and oxygen atoms in total. The number of carbonyl (C=O) groups excluding carboxylic acids is 1. The molecule has 0 amide bonds. The lowest BCUT2D eigenvalue weighted by molar-refractivity contribution is -0.138. The highest BCUT2D eigenvalue weighted by atomic mass is 35.5. The van der Waals surface area contributed by atoms with Crippen LogP contribution in [0.5, 0.6) is 0 Å². The molecule has 9 heteroatoms. The average molecular weight is 384 g/mol. The topological polar surface area (TPSA) is 101 Å². The minimum absolute atomic E-state index is 0.0368. The molecule has 0 aliphatic heterocycles. The van der Waals surface area contributed by atoms with E-state index in [0.717, 1.165) is 23.5 Å². The third kappa shape index (κ3) is 3.92. The lowest BCUT2D eigenvalue weighted by Gasteiger charge is -2.24. The number of hydrogen-bond acceptors (Lipinski definition) is 5. The van der Waals surface area contributed by atoms with Crippen LogP contribution in [0.15, 0.2) is 53.4 Å². The summed E-state index contributed by atoms with van der Waals surface area (Å²) in [5, 5.41) is 9.35. The van der Waals surface area contributed by atoms with Gasteiger partial charge in [0.05, 0.1) is 23.4 Å². The summed E-state index contributed by atoms with van der Waals surface area (Å²) in [5.41, 5.74) is -0.376. The van der Waals surface area contributed by atoms with Crippen LogP contribution in [0, 0.1) is 0 Å². The van der Waals surface area contributed by atoms with Crippen molar-refractivity contribution in [2.45, 2.75) is 4.90 Å². The van der Waals surface area contributed by atoms with Crippen molar-refractivity contribution in [1.82, 2.24) is 0 Å². The average Bonchev–Trinajstić information content (AvgIpc) is 2.60. The highest BCUT2D eigenvalue weighted by molar-refractivity contribution is 7.93. The number of para-hydroxylation sites is 1. The van der Waals surface area contributed by atoms with Crippen molar-refractivity contribution in [2.24, 2.45) is 0 Å². The molecule has 0 fully saturated rings. The molecule has 2 rings (SSSR count). The molecule has 0 aliphatic rings. The highest BCUT2D eigenvalue weighted by Gasteiger charge is 2.32. The molecule has 0 aromatic heterocycles. The molecule has 0 saturated carbocycles. The highest BCUT2D eigenvalue weighted by Crippen LogP contribution is 2.31. The standard InChI is InChI=1S/C16H14ClNO6S/c1-24-15(19)10-18(13-8-4-3-7-12(13)17)25(22,23)14-9-5-2-6-11(14)16(20)21/h2-9H,10H2,1H3,(H,20,21). The number of ether oxygens (including phenoxy) is 1. The van der Waals surface area contributed by atoms with Crippen LogP contribution in [-0.2, 0) is 19.6 Å². The van der Waals surface area contributed by atoms with Gasteiger partial charge >= 0.3 is 11.9 Å². The van der Waals surface area contributed by atoms with Gasteiger partial charge in [-0.15, -0.1) is 0 Å². The van der Waals surface area contributed by atoms with Crippen LogP contribution < -0.4 is 4.31 Å². The van der Waals surface area contributed by atoms with E-state index in [1.54, 1.807) is 12.1 Å². The number of halogens is 1. The normalized spacial score (nSPS) is 11.0. The Morgan fingerprint density at radius 3 is 2.32 bits per heavy atom. The zero-order chi connectivity index (χ0) is 18.6. The SMILES string of the molecule is COC(=O)CN(c1ccccc1Cl)S(=O)(=O)c1ccccc1C(=O)O. The number of anilines is 1. The van der Waals surface area contributed by atoms with Crippen LogP contribution in [0.3, 0.4) is 0 Å². The van der Waals surface area contributed by atoms with E-state index in [4.69, 9.17) is 11.6 Å². The van der Waals surface area contributed by atoms with Crippen LogP contribution in [0.1, 0.15) is 10.4 Å². The smallest absolute Gasteiger partial charge is 0.337 e. The van der Waals surface area contributed by atoms with Crippen molar-refractivity contribution in [3.8, 4) is 0 Å². The summed E-state index contributed by atoms with van der Waals surface area (Å²) < 4.78 is 31.4. The van der Waals surface area contributed by atoms with Crippen molar-refractivity contribution in [3.63, 3.8) is 0 Å². The van der Waals surface area contributed by atoms with Gasteiger partial charge in [0.15, 0.2) is 0 Å². The Morgan fingerprint density at radius 2 is 1.72 bits per heavy atom. The Morgan fingerprint density at radius 1 is 1.12 bits per heavy atom. The van der Waals surface area contributed by atoms with E-state index in [0.29, 0.717) is 0 Å². The molecule has 0 radical (unpaired) electrons. The maximum atomic E-state index is 13.1. The molecule has 0 spiro atoms. The number of rotatable bonds is 6. The number of benzene rings is 2. The van der Waals surface area contributed by atoms with E-state index < -0.39 is 39.0 Å². The number of nitrogens with zero attached hydrogens (tertiary/aromatic N) is 1. The third-order valence-corrected chi connectivity index (χ3v) is 5.44. The summed E-state index contributed by atoms with van der Waals surface area (Å²) in [5.74, 6) is -2.23. The van der Waals surface area contributed by atoms with Crippen molar-refractivity contribution in [3.05, 3.63) is 59.1 Å². The summed E-state index contributed by atoms with van der Waals surface area (Å²) in [6, 6.07) is 11.1. The molecule has 0 atom stereocenters. The van der Waals surface area contributed by atoms with Crippen LogP contribution in [0.25, 0.3) is 0 Å². The fraction of sp³-hybridized carbons (Fsp3) is 0.125. The minimum Gasteiger partial charge on any atom is -0.478 e. The van der Waals surface area contributed by atoms with Gasteiger partial charge in [0, 0.05) is 0 Å². The first-order valence-corrected chi connectivity index (χ1v) is 8.77. The summed E-state index contributed by atoms with van der Waals surface area (Å²) in [6.07, 6.45) is 0. The molecular formula is C16H14ClNO6S. The number of carboxylic acids is 1. The summed E-state index contributed by atoms with van der Waals surface area (Å²) >= 11 is 6.07. The first-order valence-electron chi connectivity index (χ1n) is 6.95. The molecule has 132 valence electrons. The quantitative estimate of drug-likeness (QED) is 0.768. The van der Waals surface area contributed by atoms with Crippen LogP contribution in [0.2, 0.25) is 5.02 Å². The third-order valence-electron chi connectivity index (χ3n) is 3.31. The van der Waals surface area contributed by atoms with E-state index in [9.17, 15) is 23.1 Å². The van der Waals surface area contributed by atoms with E-state index >= 15 is 0 Å². The van der Waals surface area contributed by atoms with Crippen molar-refractivity contribution >= 4 is 39.3 Å². The van der Waals surface area contributed by atoms with E-state index in [1.807, 2.05) is 0 Å². The van der Waals surface area contributed by atoms with Gasteiger partial charge < -0.3 is 9.84 Å². The second-order valence-electron chi connectivity index (χ2n) is 4.84.